The van der Waals surface area contributed by atoms with Gasteiger partial charge in [0.15, 0.2) is 23.2 Å². The van der Waals surface area contributed by atoms with Crippen LogP contribution >= 0.6 is 0 Å². The lowest BCUT2D eigenvalue weighted by atomic mass is 9.80. The third-order valence-electron chi connectivity index (χ3n) is 7.75. The average Bonchev–Trinajstić information content (AvgIpc) is 3.65. The predicted octanol–water partition coefficient (Wildman–Crippen LogP) is 4.46. The van der Waals surface area contributed by atoms with E-state index in [9.17, 15) is 9.90 Å². The van der Waals surface area contributed by atoms with Crippen LogP contribution in [0, 0.1) is 0 Å². The van der Waals surface area contributed by atoms with E-state index in [-0.39, 0.29) is 12.5 Å². The largest absolute Gasteiger partial charge is 0.497 e. The Balaban J connectivity index is 1.34. The Bertz CT molecular complexity index is 1680. The Morgan fingerprint density at radius 2 is 1.55 bits per heavy atom. The van der Waals surface area contributed by atoms with Gasteiger partial charge in [-0.05, 0) is 41.0 Å². The molecule has 0 unspecified atom stereocenters. The summed E-state index contributed by atoms with van der Waals surface area (Å²) in [5.74, 6) is 1.48. The number of carbonyl (C=O) groups excluding carboxylic acids is 1. The molecule has 1 aliphatic rings. The number of carbonyl (C=O) groups is 1. The number of hydrogen-bond donors (Lipinski definition) is 2. The first-order chi connectivity index (χ1) is 21.4. The van der Waals surface area contributed by atoms with E-state index in [2.05, 4.69) is 20.3 Å². The fraction of sp³-hybridized carbons (Fsp3) is 0.273. The summed E-state index contributed by atoms with van der Waals surface area (Å²) in [4.78, 5) is 24.5. The van der Waals surface area contributed by atoms with Crippen molar-refractivity contribution < 1.29 is 28.8 Å². The van der Waals surface area contributed by atoms with Crippen LogP contribution in [-0.2, 0) is 19.9 Å². The highest BCUT2D eigenvalue weighted by molar-refractivity contribution is 5.95. The zero-order valence-electron chi connectivity index (χ0n) is 24.6. The van der Waals surface area contributed by atoms with Crippen molar-refractivity contribution in [3.8, 4) is 11.5 Å². The molecule has 2 N–H and O–H groups in total. The van der Waals surface area contributed by atoms with E-state index in [0.717, 1.165) is 28.2 Å². The first kappa shape index (κ1) is 29.2. The lowest BCUT2D eigenvalue weighted by molar-refractivity contribution is -0.114. The van der Waals surface area contributed by atoms with Crippen molar-refractivity contribution in [1.82, 2.24) is 19.5 Å². The van der Waals surface area contributed by atoms with Crippen molar-refractivity contribution in [2.24, 2.45) is 0 Å². The van der Waals surface area contributed by atoms with Gasteiger partial charge in [0, 0.05) is 13.3 Å². The summed E-state index contributed by atoms with van der Waals surface area (Å²) in [7, 11) is 3.27. The van der Waals surface area contributed by atoms with Crippen molar-refractivity contribution in [2.75, 3.05) is 26.1 Å². The SMILES string of the molecule is COc1ccc(C(OC[C@@H]2C[C@@H](O)[C@H](n3cnc4c(NC(C)=O)ncnc43)O2)(c2ccccc2)c2ccc(OC)cc2)cc1. The minimum atomic E-state index is -1.02. The number of nitrogens with one attached hydrogen (secondary N) is 1. The maximum Gasteiger partial charge on any atom is 0.222 e. The number of benzene rings is 3. The molecule has 0 spiro atoms. The topological polar surface area (TPSA) is 130 Å². The van der Waals surface area contributed by atoms with E-state index >= 15 is 0 Å². The quantitative estimate of drug-likeness (QED) is 0.225. The summed E-state index contributed by atoms with van der Waals surface area (Å²) in [5, 5.41) is 13.8. The summed E-state index contributed by atoms with van der Waals surface area (Å²) in [6.45, 7) is 1.56. The second-order valence-corrected chi connectivity index (χ2v) is 10.5. The number of hydrogen-bond acceptors (Lipinski definition) is 9. The number of anilines is 1. The van der Waals surface area contributed by atoms with E-state index in [1.165, 1.54) is 19.6 Å². The van der Waals surface area contributed by atoms with Crippen LogP contribution in [0.3, 0.4) is 0 Å². The van der Waals surface area contributed by atoms with Crippen LogP contribution in [0.15, 0.2) is 91.5 Å². The number of aliphatic hydroxyl groups excluding tert-OH is 1. The maximum atomic E-state index is 11.6. The molecule has 6 rings (SSSR count). The molecule has 0 saturated carbocycles. The Hall–Kier alpha value is -4.84. The van der Waals surface area contributed by atoms with Crippen molar-refractivity contribution >= 4 is 22.9 Å². The number of fused-ring (bicyclic) bond motifs is 1. The summed E-state index contributed by atoms with van der Waals surface area (Å²) in [5.41, 5.74) is 2.53. The summed E-state index contributed by atoms with van der Waals surface area (Å²) < 4.78 is 25.9. The molecule has 2 aromatic heterocycles. The van der Waals surface area contributed by atoms with Gasteiger partial charge in [-0.1, -0.05) is 54.6 Å². The highest BCUT2D eigenvalue weighted by Crippen LogP contribution is 2.43. The zero-order valence-corrected chi connectivity index (χ0v) is 24.6. The number of ether oxygens (including phenoxy) is 4. The van der Waals surface area contributed by atoms with Crippen molar-refractivity contribution in [2.45, 2.75) is 37.4 Å². The van der Waals surface area contributed by atoms with Gasteiger partial charge < -0.3 is 29.4 Å². The number of imidazole rings is 1. The number of aliphatic hydroxyl groups is 1. The molecule has 1 fully saturated rings. The predicted molar refractivity (Wildman–Crippen MR) is 162 cm³/mol. The molecule has 11 heteroatoms. The Kier molecular flexibility index (Phi) is 8.25. The van der Waals surface area contributed by atoms with E-state index in [1.54, 1.807) is 18.8 Å². The Morgan fingerprint density at radius 1 is 0.932 bits per heavy atom. The van der Waals surface area contributed by atoms with Crippen molar-refractivity contribution in [1.29, 1.82) is 0 Å². The van der Waals surface area contributed by atoms with Gasteiger partial charge in [-0.15, -0.1) is 0 Å². The highest BCUT2D eigenvalue weighted by Gasteiger charge is 2.42. The van der Waals surface area contributed by atoms with E-state index in [1.807, 2.05) is 78.9 Å². The molecule has 11 nitrogen and oxygen atoms in total. The van der Waals surface area contributed by atoms with Gasteiger partial charge in [0.05, 0.1) is 33.3 Å². The van der Waals surface area contributed by atoms with Gasteiger partial charge in [0.1, 0.15) is 29.5 Å². The van der Waals surface area contributed by atoms with Gasteiger partial charge in [0.25, 0.3) is 0 Å². The normalized spacial score (nSPS) is 18.3. The second kappa shape index (κ2) is 12.4. The average molecular weight is 596 g/mol. The molecule has 1 amide bonds. The number of methoxy groups -OCH3 is 2. The minimum Gasteiger partial charge on any atom is -0.497 e. The van der Waals surface area contributed by atoms with Crippen LogP contribution in [0.25, 0.3) is 11.2 Å². The molecule has 0 aliphatic carbocycles. The summed E-state index contributed by atoms with van der Waals surface area (Å²) in [6.07, 6.45) is 1.12. The van der Waals surface area contributed by atoms with Crippen LogP contribution in [0.5, 0.6) is 11.5 Å². The van der Waals surface area contributed by atoms with Gasteiger partial charge in [-0.3, -0.25) is 9.36 Å². The standard InChI is InChI=1S/C33H33N5O6/c1-21(39)37-30-29-31(35-19-34-30)38(20-36-29)32-28(40)17-27(44-32)18-43-33(22-7-5-4-6-8-22,23-9-13-25(41-2)14-10-23)24-11-15-26(42-3)16-12-24/h4-16,19-20,27-28,32,40H,17-18H2,1-3H3,(H,34,35,37,39)/t27-,28+,32+/m0/s1. The molecule has 1 saturated heterocycles. The van der Waals surface area contributed by atoms with Crippen LogP contribution in [0.4, 0.5) is 5.82 Å². The van der Waals surface area contributed by atoms with E-state index in [0.29, 0.717) is 23.4 Å². The minimum absolute atomic E-state index is 0.166. The molecular formula is C33H33N5O6. The first-order valence-corrected chi connectivity index (χ1v) is 14.2. The summed E-state index contributed by atoms with van der Waals surface area (Å²) in [6, 6.07) is 25.6. The number of rotatable bonds is 10. The fourth-order valence-corrected chi connectivity index (χ4v) is 5.68. The van der Waals surface area contributed by atoms with Crippen molar-refractivity contribution in [3.05, 3.63) is 108 Å². The smallest absolute Gasteiger partial charge is 0.222 e. The number of nitrogens with zero attached hydrogens (tertiary/aromatic N) is 4. The zero-order chi connectivity index (χ0) is 30.7. The Morgan fingerprint density at radius 3 is 2.14 bits per heavy atom. The van der Waals surface area contributed by atoms with Crippen LogP contribution < -0.4 is 14.8 Å². The maximum absolute atomic E-state index is 11.6. The van der Waals surface area contributed by atoms with Crippen LogP contribution in [-0.4, -0.2) is 63.6 Å². The highest BCUT2D eigenvalue weighted by atomic mass is 16.6. The molecule has 3 aromatic carbocycles. The van der Waals surface area contributed by atoms with E-state index < -0.39 is 24.0 Å². The molecule has 0 radical (unpaired) electrons. The van der Waals surface area contributed by atoms with Gasteiger partial charge in [-0.2, -0.15) is 0 Å². The summed E-state index contributed by atoms with van der Waals surface area (Å²) >= 11 is 0. The first-order valence-electron chi connectivity index (χ1n) is 14.2. The third-order valence-corrected chi connectivity index (χ3v) is 7.75. The lowest BCUT2D eigenvalue weighted by Crippen LogP contribution is -2.35. The van der Waals surface area contributed by atoms with Crippen LogP contribution in [0.2, 0.25) is 0 Å². The van der Waals surface area contributed by atoms with Gasteiger partial charge in [-0.25, -0.2) is 15.0 Å². The lowest BCUT2D eigenvalue weighted by Gasteiger charge is -2.37. The molecule has 5 aromatic rings. The molecule has 3 heterocycles. The molecule has 1 aliphatic heterocycles. The van der Waals surface area contributed by atoms with Gasteiger partial charge in [0.2, 0.25) is 5.91 Å². The monoisotopic (exact) mass is 595 g/mol. The van der Waals surface area contributed by atoms with Crippen LogP contribution in [0.1, 0.15) is 36.3 Å². The molecule has 226 valence electrons. The molecule has 3 atom stereocenters. The molecular weight excluding hydrogens is 562 g/mol. The fourth-order valence-electron chi connectivity index (χ4n) is 5.68. The number of amides is 1. The van der Waals surface area contributed by atoms with Crippen molar-refractivity contribution in [3.63, 3.8) is 0 Å². The Labute approximate surface area is 254 Å². The van der Waals surface area contributed by atoms with E-state index in [4.69, 9.17) is 18.9 Å². The third kappa shape index (κ3) is 5.48. The molecule has 44 heavy (non-hydrogen) atoms. The van der Waals surface area contributed by atoms with Gasteiger partial charge >= 0.3 is 0 Å². The second-order valence-electron chi connectivity index (χ2n) is 10.5. The number of aromatic nitrogens is 4. The molecule has 0 bridgehead atoms.